The van der Waals surface area contributed by atoms with Crippen LogP contribution >= 0.6 is 0 Å². The average Bonchev–Trinajstić information content (AvgIpc) is 2.86. The number of H-pyrrole nitrogens is 1. The van der Waals surface area contributed by atoms with Gasteiger partial charge in [-0.3, -0.25) is 9.59 Å². The molecule has 120 valence electrons. The molecule has 1 aliphatic rings. The number of hydrogen-bond donors (Lipinski definition) is 2. The maximum absolute atomic E-state index is 12.5. The monoisotopic (exact) mass is 332 g/mol. The van der Waals surface area contributed by atoms with Crippen LogP contribution < -0.4 is 10.9 Å². The predicted molar refractivity (Wildman–Crippen MR) is 87.0 cm³/mol. The Morgan fingerprint density at radius 1 is 1.17 bits per heavy atom. The molecule has 3 rings (SSSR count). The van der Waals surface area contributed by atoms with Crippen LogP contribution in [0.25, 0.3) is 11.1 Å². The number of hydrogen-bond acceptors (Lipinski definition) is 4. The molecule has 1 aromatic heterocycles. The van der Waals surface area contributed by atoms with Crippen molar-refractivity contribution >= 4 is 15.7 Å². The number of benzene rings is 1. The number of amides is 1. The molecule has 2 aromatic rings. The molecule has 1 atom stereocenters. The first-order valence-electron chi connectivity index (χ1n) is 7.25. The summed E-state index contributed by atoms with van der Waals surface area (Å²) in [4.78, 5) is 27.1. The van der Waals surface area contributed by atoms with Crippen molar-refractivity contribution in [1.29, 1.82) is 0 Å². The SMILES string of the molecule is O=C(NC1CCS(=O)(=O)C1)c1c(-c2ccccc2)cc[nH]c1=O. The lowest BCUT2D eigenvalue weighted by atomic mass is 10.0. The minimum absolute atomic E-state index is 0.00278. The molecule has 7 heteroatoms. The molecule has 0 aliphatic carbocycles. The molecule has 1 aliphatic heterocycles. The number of carbonyl (C=O) groups excluding carboxylic acids is 1. The van der Waals surface area contributed by atoms with Crippen molar-refractivity contribution in [3.8, 4) is 11.1 Å². The Bertz CT molecular complexity index is 888. The smallest absolute Gasteiger partial charge is 0.261 e. The van der Waals surface area contributed by atoms with Crippen LogP contribution in [0.4, 0.5) is 0 Å². The molecule has 0 saturated carbocycles. The van der Waals surface area contributed by atoms with Crippen molar-refractivity contribution in [2.24, 2.45) is 0 Å². The van der Waals surface area contributed by atoms with E-state index in [0.717, 1.165) is 5.56 Å². The number of carbonyl (C=O) groups is 1. The van der Waals surface area contributed by atoms with Crippen LogP contribution in [0, 0.1) is 0 Å². The van der Waals surface area contributed by atoms with Gasteiger partial charge in [0.15, 0.2) is 9.84 Å². The zero-order chi connectivity index (χ0) is 16.4. The summed E-state index contributed by atoms with van der Waals surface area (Å²) >= 11 is 0. The summed E-state index contributed by atoms with van der Waals surface area (Å²) in [6, 6.07) is 10.3. The molecular weight excluding hydrogens is 316 g/mol. The van der Waals surface area contributed by atoms with Gasteiger partial charge >= 0.3 is 0 Å². The van der Waals surface area contributed by atoms with Gasteiger partial charge in [-0.15, -0.1) is 0 Å². The van der Waals surface area contributed by atoms with E-state index in [-0.39, 0.29) is 17.1 Å². The predicted octanol–water partition coefficient (Wildman–Crippen LogP) is 0.959. The maximum Gasteiger partial charge on any atom is 0.261 e. The van der Waals surface area contributed by atoms with E-state index in [1.165, 1.54) is 6.20 Å². The zero-order valence-corrected chi connectivity index (χ0v) is 13.1. The van der Waals surface area contributed by atoms with Crippen LogP contribution in [0.2, 0.25) is 0 Å². The third-order valence-electron chi connectivity index (χ3n) is 3.84. The standard InChI is InChI=1S/C16H16N2O4S/c19-15-14(16(20)18-12-7-9-23(21,22)10-12)13(6-8-17-15)11-4-2-1-3-5-11/h1-6,8,12H,7,9-10H2,(H,17,19)(H,18,20). The number of rotatable bonds is 3. The second kappa shape index (κ2) is 6.00. The van der Waals surface area contributed by atoms with E-state index < -0.39 is 27.3 Å². The van der Waals surface area contributed by atoms with Crippen LogP contribution in [-0.2, 0) is 9.84 Å². The van der Waals surface area contributed by atoms with Gasteiger partial charge in [0.1, 0.15) is 5.56 Å². The highest BCUT2D eigenvalue weighted by Gasteiger charge is 2.30. The van der Waals surface area contributed by atoms with Gasteiger partial charge in [0.2, 0.25) is 0 Å². The van der Waals surface area contributed by atoms with E-state index in [0.29, 0.717) is 12.0 Å². The van der Waals surface area contributed by atoms with Gasteiger partial charge in [0, 0.05) is 17.8 Å². The molecule has 2 heterocycles. The van der Waals surface area contributed by atoms with Gasteiger partial charge in [-0.25, -0.2) is 8.42 Å². The first-order chi connectivity index (χ1) is 11.0. The van der Waals surface area contributed by atoms with Crippen molar-refractivity contribution in [3.63, 3.8) is 0 Å². The zero-order valence-electron chi connectivity index (χ0n) is 12.3. The first kappa shape index (κ1) is 15.5. The van der Waals surface area contributed by atoms with Crippen molar-refractivity contribution in [2.45, 2.75) is 12.5 Å². The van der Waals surface area contributed by atoms with Crippen molar-refractivity contribution in [3.05, 3.63) is 58.5 Å². The maximum atomic E-state index is 12.5. The third-order valence-corrected chi connectivity index (χ3v) is 5.61. The van der Waals surface area contributed by atoms with Crippen molar-refractivity contribution in [1.82, 2.24) is 10.3 Å². The molecule has 1 amide bonds. The van der Waals surface area contributed by atoms with Gasteiger partial charge in [-0.2, -0.15) is 0 Å². The summed E-state index contributed by atoms with van der Waals surface area (Å²) in [5, 5.41) is 2.66. The van der Waals surface area contributed by atoms with Gasteiger partial charge in [-0.1, -0.05) is 30.3 Å². The van der Waals surface area contributed by atoms with E-state index in [1.54, 1.807) is 6.07 Å². The lowest BCUT2D eigenvalue weighted by Crippen LogP contribution is -2.38. The normalized spacial score (nSPS) is 19.4. The quantitative estimate of drug-likeness (QED) is 0.875. The number of aromatic nitrogens is 1. The molecule has 6 nitrogen and oxygen atoms in total. The molecular formula is C16H16N2O4S. The summed E-state index contributed by atoms with van der Waals surface area (Å²) in [6.45, 7) is 0. The number of aromatic amines is 1. The van der Waals surface area contributed by atoms with E-state index in [4.69, 9.17) is 0 Å². The van der Waals surface area contributed by atoms with E-state index in [9.17, 15) is 18.0 Å². The highest BCUT2D eigenvalue weighted by Crippen LogP contribution is 2.21. The average molecular weight is 332 g/mol. The summed E-state index contributed by atoms with van der Waals surface area (Å²) in [6.07, 6.45) is 1.86. The lowest BCUT2D eigenvalue weighted by molar-refractivity contribution is 0.0940. The molecule has 0 spiro atoms. The summed E-state index contributed by atoms with van der Waals surface area (Å²) in [7, 11) is -3.10. The Hall–Kier alpha value is -2.41. The second-order valence-corrected chi connectivity index (χ2v) is 7.76. The highest BCUT2D eigenvalue weighted by molar-refractivity contribution is 7.91. The number of pyridine rings is 1. The summed E-state index contributed by atoms with van der Waals surface area (Å²) < 4.78 is 23.0. The Labute approximate surface area is 133 Å². The molecule has 1 fully saturated rings. The molecule has 0 radical (unpaired) electrons. The van der Waals surface area contributed by atoms with Gasteiger partial charge in [-0.05, 0) is 18.1 Å². The second-order valence-electron chi connectivity index (χ2n) is 5.53. The minimum Gasteiger partial charge on any atom is -0.348 e. The van der Waals surface area contributed by atoms with Gasteiger partial charge < -0.3 is 10.3 Å². The molecule has 2 N–H and O–H groups in total. The van der Waals surface area contributed by atoms with Crippen LogP contribution in [0.1, 0.15) is 16.8 Å². The van der Waals surface area contributed by atoms with Crippen molar-refractivity contribution in [2.75, 3.05) is 11.5 Å². The van der Waals surface area contributed by atoms with Crippen LogP contribution in [0.3, 0.4) is 0 Å². The fourth-order valence-corrected chi connectivity index (χ4v) is 4.40. The Balaban J connectivity index is 1.93. The van der Waals surface area contributed by atoms with E-state index >= 15 is 0 Å². The van der Waals surface area contributed by atoms with Gasteiger partial charge in [0.05, 0.1) is 11.5 Å². The lowest BCUT2D eigenvalue weighted by Gasteiger charge is -2.13. The van der Waals surface area contributed by atoms with Crippen LogP contribution in [0.5, 0.6) is 0 Å². The Kier molecular flexibility index (Phi) is 4.04. The van der Waals surface area contributed by atoms with E-state index in [1.807, 2.05) is 30.3 Å². The number of sulfone groups is 1. The fraction of sp³-hybridized carbons (Fsp3) is 0.250. The Morgan fingerprint density at radius 3 is 2.57 bits per heavy atom. The van der Waals surface area contributed by atoms with Gasteiger partial charge in [0.25, 0.3) is 11.5 Å². The molecule has 1 saturated heterocycles. The van der Waals surface area contributed by atoms with Crippen molar-refractivity contribution < 1.29 is 13.2 Å². The largest absolute Gasteiger partial charge is 0.348 e. The topological polar surface area (TPSA) is 96.1 Å². The third kappa shape index (κ3) is 3.34. The summed E-state index contributed by atoms with van der Waals surface area (Å²) in [5.74, 6) is -0.563. The fourth-order valence-electron chi connectivity index (χ4n) is 2.73. The summed E-state index contributed by atoms with van der Waals surface area (Å²) in [5.41, 5.74) is 0.781. The number of nitrogens with one attached hydrogen (secondary N) is 2. The molecule has 23 heavy (non-hydrogen) atoms. The Morgan fingerprint density at radius 2 is 1.91 bits per heavy atom. The van der Waals surface area contributed by atoms with Crippen LogP contribution in [-0.4, -0.2) is 36.9 Å². The first-order valence-corrected chi connectivity index (χ1v) is 9.07. The van der Waals surface area contributed by atoms with Crippen LogP contribution in [0.15, 0.2) is 47.4 Å². The molecule has 0 bridgehead atoms. The molecule has 1 unspecified atom stereocenters. The van der Waals surface area contributed by atoms with E-state index in [2.05, 4.69) is 10.3 Å². The highest BCUT2D eigenvalue weighted by atomic mass is 32.2. The molecule has 1 aromatic carbocycles. The minimum atomic E-state index is -3.10.